The molecule has 0 fully saturated rings. The van der Waals surface area contributed by atoms with Gasteiger partial charge in [0.1, 0.15) is 10.0 Å². The molecular weight excluding hydrogens is 263 g/mol. The predicted octanol–water partition coefficient (Wildman–Crippen LogP) is 2.95. The highest BCUT2D eigenvalue weighted by molar-refractivity contribution is 14.1. The first-order valence-corrected chi connectivity index (χ1v) is 4.81. The Morgan fingerprint density at radius 2 is 2.08 bits per heavy atom. The van der Waals surface area contributed by atoms with Crippen molar-refractivity contribution in [1.29, 1.82) is 0 Å². The minimum absolute atomic E-state index is 0.112. The smallest absolute Gasteiger partial charge is 0.126 e. The normalized spacial score (nSPS) is 17.0. The van der Waals surface area contributed by atoms with Crippen LogP contribution in [0.3, 0.4) is 0 Å². The summed E-state index contributed by atoms with van der Waals surface area (Å²) in [7, 11) is 0. The zero-order chi connectivity index (χ0) is 9.19. The van der Waals surface area contributed by atoms with Crippen LogP contribution < -0.4 is 0 Å². The van der Waals surface area contributed by atoms with E-state index in [1.54, 1.807) is 0 Å². The van der Waals surface area contributed by atoms with Gasteiger partial charge in [-0.05, 0) is 39.4 Å². The van der Waals surface area contributed by atoms with E-state index in [4.69, 9.17) is 0 Å². The summed E-state index contributed by atoms with van der Waals surface area (Å²) in [6, 6.07) is 0. The molecule has 1 heterocycles. The molecule has 0 saturated heterocycles. The van der Waals surface area contributed by atoms with E-state index in [-0.39, 0.29) is 5.41 Å². The van der Waals surface area contributed by atoms with Crippen LogP contribution >= 0.6 is 22.6 Å². The summed E-state index contributed by atoms with van der Waals surface area (Å²) in [5.41, 5.74) is 1.29. The lowest BCUT2D eigenvalue weighted by molar-refractivity contribution is 0.516. The lowest BCUT2D eigenvalue weighted by Crippen LogP contribution is -2.08. The number of hydrogen-bond donors (Lipinski definition) is 0. The van der Waals surface area contributed by atoms with Crippen LogP contribution in [0.1, 0.15) is 20.8 Å². The van der Waals surface area contributed by atoms with Crippen LogP contribution in [0, 0.1) is 5.41 Å². The summed E-state index contributed by atoms with van der Waals surface area (Å²) in [5, 5.41) is 0. The quantitative estimate of drug-likeness (QED) is 0.479. The van der Waals surface area contributed by atoms with Crippen molar-refractivity contribution in [1.82, 2.24) is 0 Å². The molecule has 1 aliphatic heterocycles. The fraction of sp³-hybridized carbons (Fsp3) is 0.444. The van der Waals surface area contributed by atoms with Gasteiger partial charge in [-0.1, -0.05) is 20.8 Å². The fourth-order valence-corrected chi connectivity index (χ4v) is 1.96. The van der Waals surface area contributed by atoms with Gasteiger partial charge in [-0.25, -0.2) is 4.99 Å². The third-order valence-electron chi connectivity index (χ3n) is 1.54. The molecule has 3 heteroatoms. The van der Waals surface area contributed by atoms with Gasteiger partial charge >= 0.3 is 0 Å². The zero-order valence-electron chi connectivity index (χ0n) is 7.43. The second-order valence-corrected chi connectivity index (χ2v) is 4.62. The molecule has 0 atom stereocenters. The van der Waals surface area contributed by atoms with E-state index in [1.165, 1.54) is 11.9 Å². The van der Waals surface area contributed by atoms with Gasteiger partial charge in [-0.2, -0.15) is 4.99 Å². The predicted molar refractivity (Wildman–Crippen MR) is 61.0 cm³/mol. The Morgan fingerprint density at radius 1 is 1.42 bits per heavy atom. The summed E-state index contributed by atoms with van der Waals surface area (Å²) >= 11 is 2.22. The second-order valence-electron chi connectivity index (χ2n) is 3.60. The van der Waals surface area contributed by atoms with Crippen molar-refractivity contribution >= 4 is 34.8 Å². The molecule has 0 bridgehead atoms. The SMILES string of the molecule is CC(C)(C)C1=C(I)N=CN=C=C1. The first-order valence-electron chi connectivity index (χ1n) is 3.73. The van der Waals surface area contributed by atoms with Crippen molar-refractivity contribution in [2.45, 2.75) is 20.8 Å². The van der Waals surface area contributed by atoms with Gasteiger partial charge < -0.3 is 0 Å². The minimum Gasteiger partial charge on any atom is -0.229 e. The number of allylic oxidation sites excluding steroid dienone is 2. The van der Waals surface area contributed by atoms with Crippen LogP contribution in [-0.2, 0) is 0 Å². The number of aliphatic imine (C=N–C) groups is 2. The molecule has 0 radical (unpaired) electrons. The molecule has 1 aliphatic rings. The van der Waals surface area contributed by atoms with Crippen LogP contribution in [-0.4, -0.2) is 12.2 Å². The van der Waals surface area contributed by atoms with Gasteiger partial charge in [-0.3, -0.25) is 0 Å². The van der Waals surface area contributed by atoms with E-state index in [2.05, 4.69) is 59.2 Å². The molecule has 2 nitrogen and oxygen atoms in total. The Balaban J connectivity index is 3.17. The van der Waals surface area contributed by atoms with Crippen molar-refractivity contribution in [2.75, 3.05) is 0 Å². The van der Waals surface area contributed by atoms with Crippen LogP contribution in [0.5, 0.6) is 0 Å². The van der Waals surface area contributed by atoms with Gasteiger partial charge in [0.05, 0.1) is 0 Å². The lowest BCUT2D eigenvalue weighted by Gasteiger charge is -2.19. The van der Waals surface area contributed by atoms with Crippen molar-refractivity contribution in [2.24, 2.45) is 15.4 Å². The lowest BCUT2D eigenvalue weighted by atomic mass is 9.87. The maximum atomic E-state index is 4.15. The summed E-state index contributed by atoms with van der Waals surface area (Å²) in [5.74, 6) is 2.82. The van der Waals surface area contributed by atoms with Crippen molar-refractivity contribution < 1.29 is 0 Å². The average Bonchev–Trinajstić information content (AvgIpc) is 2.11. The Morgan fingerprint density at radius 3 is 2.67 bits per heavy atom. The van der Waals surface area contributed by atoms with Crippen molar-refractivity contribution in [3.63, 3.8) is 0 Å². The van der Waals surface area contributed by atoms with Gasteiger partial charge in [0.15, 0.2) is 0 Å². The Kier molecular flexibility index (Phi) is 2.85. The highest BCUT2D eigenvalue weighted by Crippen LogP contribution is 2.32. The maximum Gasteiger partial charge on any atom is 0.126 e. The zero-order valence-corrected chi connectivity index (χ0v) is 9.58. The maximum absolute atomic E-state index is 4.15. The van der Waals surface area contributed by atoms with Gasteiger partial charge in [-0.15, -0.1) is 0 Å². The first-order chi connectivity index (χ1) is 5.52. The number of halogens is 1. The van der Waals surface area contributed by atoms with Crippen LogP contribution in [0.25, 0.3) is 0 Å². The Labute approximate surface area is 86.3 Å². The van der Waals surface area contributed by atoms with Crippen LogP contribution in [0.15, 0.2) is 25.3 Å². The number of hydrogen-bond acceptors (Lipinski definition) is 2. The molecule has 0 unspecified atom stereocenters. The number of rotatable bonds is 0. The summed E-state index contributed by atoms with van der Waals surface area (Å²) in [4.78, 5) is 7.99. The number of nitrogens with zero attached hydrogens (tertiary/aromatic N) is 2. The average molecular weight is 274 g/mol. The first kappa shape index (κ1) is 9.68. The molecule has 12 heavy (non-hydrogen) atoms. The molecular formula is C9H11IN2. The summed E-state index contributed by atoms with van der Waals surface area (Å²) in [6.45, 7) is 6.46. The van der Waals surface area contributed by atoms with E-state index in [0.29, 0.717) is 0 Å². The largest absolute Gasteiger partial charge is 0.229 e. The van der Waals surface area contributed by atoms with Gasteiger partial charge in [0, 0.05) is 6.08 Å². The van der Waals surface area contributed by atoms with E-state index >= 15 is 0 Å². The van der Waals surface area contributed by atoms with E-state index in [0.717, 1.165) is 3.70 Å². The molecule has 0 aromatic heterocycles. The molecule has 1 rings (SSSR count). The molecule has 0 aromatic rings. The fourth-order valence-electron chi connectivity index (χ4n) is 0.870. The molecule has 64 valence electrons. The third kappa shape index (κ3) is 2.29. The van der Waals surface area contributed by atoms with Gasteiger partial charge in [0.2, 0.25) is 0 Å². The highest BCUT2D eigenvalue weighted by atomic mass is 127. The van der Waals surface area contributed by atoms with E-state index < -0.39 is 0 Å². The Bertz CT molecular complexity index is 299. The van der Waals surface area contributed by atoms with Gasteiger partial charge in [0.25, 0.3) is 0 Å². The van der Waals surface area contributed by atoms with Crippen LogP contribution in [0.4, 0.5) is 0 Å². The molecule has 0 spiro atoms. The Hall–Kier alpha value is -0.410. The molecule has 0 saturated carbocycles. The standard InChI is InChI=1S/C9H11IN2/c1-9(2,3)7-4-5-11-6-12-8(7)10/h4,6H,1-3H3. The molecule has 0 N–H and O–H groups in total. The molecule has 0 aliphatic carbocycles. The van der Waals surface area contributed by atoms with E-state index in [1.807, 2.05) is 6.08 Å². The third-order valence-corrected chi connectivity index (χ3v) is 2.40. The molecule has 0 amide bonds. The highest BCUT2D eigenvalue weighted by Gasteiger charge is 2.18. The minimum atomic E-state index is 0.112. The monoisotopic (exact) mass is 274 g/mol. The molecule has 0 aromatic carbocycles. The van der Waals surface area contributed by atoms with Crippen molar-refractivity contribution in [3.8, 4) is 0 Å². The van der Waals surface area contributed by atoms with Crippen molar-refractivity contribution in [3.05, 3.63) is 15.4 Å². The van der Waals surface area contributed by atoms with E-state index in [9.17, 15) is 0 Å². The van der Waals surface area contributed by atoms with Crippen LogP contribution in [0.2, 0.25) is 0 Å². The topological polar surface area (TPSA) is 24.7 Å². The summed E-state index contributed by atoms with van der Waals surface area (Å²) in [6.07, 6.45) is 3.42. The summed E-state index contributed by atoms with van der Waals surface area (Å²) < 4.78 is 0.994. The second kappa shape index (κ2) is 3.54.